The molecule has 0 aromatic heterocycles. The van der Waals surface area contributed by atoms with E-state index in [9.17, 15) is 9.59 Å². The van der Waals surface area contributed by atoms with Crippen molar-refractivity contribution in [3.8, 4) is 0 Å². The van der Waals surface area contributed by atoms with E-state index in [1.165, 1.54) is 0 Å². The summed E-state index contributed by atoms with van der Waals surface area (Å²) in [5.41, 5.74) is -1.04. The van der Waals surface area contributed by atoms with Crippen LogP contribution in [0.25, 0.3) is 0 Å². The predicted molar refractivity (Wildman–Crippen MR) is 76.3 cm³/mol. The van der Waals surface area contributed by atoms with Crippen molar-refractivity contribution >= 4 is 11.9 Å². The Labute approximate surface area is 121 Å². The van der Waals surface area contributed by atoms with Crippen molar-refractivity contribution in [1.82, 2.24) is 4.90 Å². The molecule has 0 N–H and O–H groups in total. The van der Waals surface area contributed by atoms with Crippen molar-refractivity contribution in [2.24, 2.45) is 0 Å². The third kappa shape index (κ3) is 4.78. The first kappa shape index (κ1) is 17.0. The number of carbonyl (C=O) groups excluding carboxylic acids is 2. The highest BCUT2D eigenvalue weighted by atomic mass is 16.6. The number of likely N-dealkylation sites (tertiary alicyclic amines) is 1. The number of ether oxygens (including phenoxy) is 2. The third-order valence-electron chi connectivity index (χ3n) is 3.38. The summed E-state index contributed by atoms with van der Waals surface area (Å²) in [5.74, 6) is -0.358. The lowest BCUT2D eigenvalue weighted by Gasteiger charge is -2.30. The van der Waals surface area contributed by atoms with Gasteiger partial charge in [-0.15, -0.1) is 0 Å². The molecule has 0 aromatic carbocycles. The number of carbonyl (C=O) groups is 2. The maximum absolute atomic E-state index is 12.3. The molecule has 1 heterocycles. The highest BCUT2D eigenvalue weighted by Gasteiger charge is 2.38. The topological polar surface area (TPSA) is 55.8 Å². The molecule has 1 rings (SSSR count). The Morgan fingerprint density at radius 1 is 1.20 bits per heavy atom. The average Bonchev–Trinajstić information content (AvgIpc) is 2.75. The Hall–Kier alpha value is -1.10. The van der Waals surface area contributed by atoms with E-state index in [1.807, 2.05) is 34.6 Å². The van der Waals surface area contributed by atoms with Crippen molar-refractivity contribution in [3.05, 3.63) is 0 Å². The monoisotopic (exact) mass is 285 g/mol. The maximum Gasteiger partial charge on any atom is 0.329 e. The number of esters is 1. The summed E-state index contributed by atoms with van der Waals surface area (Å²) in [4.78, 5) is 26.1. The van der Waals surface area contributed by atoms with Gasteiger partial charge in [-0.1, -0.05) is 0 Å². The van der Waals surface area contributed by atoms with Crippen LogP contribution in [0.2, 0.25) is 0 Å². The molecule has 1 amide bonds. The van der Waals surface area contributed by atoms with Crippen LogP contribution in [0.5, 0.6) is 0 Å². The molecule has 0 aromatic rings. The first-order valence-corrected chi connectivity index (χ1v) is 7.13. The van der Waals surface area contributed by atoms with Gasteiger partial charge in [0.1, 0.15) is 11.6 Å². The standard InChI is InChI=1S/C15H27NO4/c1-14(2,3)20-13(18)11-8-7-9-16(11)12(17)10-15(4,5)19-6/h11H,7-10H2,1-6H3/t11-/m1/s1. The normalized spacial score (nSPS) is 20.1. The second-order valence-electron chi connectivity index (χ2n) is 6.92. The summed E-state index contributed by atoms with van der Waals surface area (Å²) in [6.07, 6.45) is 1.78. The van der Waals surface area contributed by atoms with E-state index in [0.29, 0.717) is 13.0 Å². The Kier molecular flexibility index (Phi) is 5.19. The fourth-order valence-electron chi connectivity index (χ4n) is 2.22. The van der Waals surface area contributed by atoms with Crippen LogP contribution in [0.1, 0.15) is 53.9 Å². The van der Waals surface area contributed by atoms with E-state index >= 15 is 0 Å². The van der Waals surface area contributed by atoms with Gasteiger partial charge < -0.3 is 14.4 Å². The van der Waals surface area contributed by atoms with E-state index < -0.39 is 17.2 Å². The van der Waals surface area contributed by atoms with Crippen LogP contribution in [0.3, 0.4) is 0 Å². The van der Waals surface area contributed by atoms with Crippen molar-refractivity contribution in [3.63, 3.8) is 0 Å². The van der Waals surface area contributed by atoms with E-state index in [2.05, 4.69) is 0 Å². The average molecular weight is 285 g/mol. The Bertz CT molecular complexity index is 371. The molecular weight excluding hydrogens is 258 g/mol. The minimum absolute atomic E-state index is 0.0507. The van der Waals surface area contributed by atoms with Gasteiger partial charge >= 0.3 is 5.97 Å². The Morgan fingerprint density at radius 2 is 1.80 bits per heavy atom. The zero-order chi connectivity index (χ0) is 15.6. The second kappa shape index (κ2) is 6.12. The van der Waals surface area contributed by atoms with Gasteiger partial charge in [-0.05, 0) is 47.5 Å². The van der Waals surface area contributed by atoms with Crippen molar-refractivity contribution in [2.75, 3.05) is 13.7 Å². The quantitative estimate of drug-likeness (QED) is 0.743. The number of amides is 1. The fourth-order valence-corrected chi connectivity index (χ4v) is 2.22. The van der Waals surface area contributed by atoms with E-state index in [1.54, 1.807) is 12.0 Å². The molecule has 116 valence electrons. The molecule has 1 saturated heterocycles. The summed E-state index contributed by atoms with van der Waals surface area (Å²) >= 11 is 0. The molecule has 0 saturated carbocycles. The molecule has 0 unspecified atom stereocenters. The SMILES string of the molecule is COC(C)(C)CC(=O)N1CCC[C@@H]1C(=O)OC(C)(C)C. The molecule has 20 heavy (non-hydrogen) atoms. The Balaban J connectivity index is 2.70. The molecule has 5 heteroatoms. The van der Waals surface area contributed by atoms with E-state index in [0.717, 1.165) is 6.42 Å². The largest absolute Gasteiger partial charge is 0.458 e. The maximum atomic E-state index is 12.3. The summed E-state index contributed by atoms with van der Waals surface area (Å²) in [6.45, 7) is 9.84. The third-order valence-corrected chi connectivity index (χ3v) is 3.38. The summed E-state index contributed by atoms with van der Waals surface area (Å²) in [7, 11) is 1.59. The fraction of sp³-hybridized carbons (Fsp3) is 0.867. The lowest BCUT2D eigenvalue weighted by atomic mass is 10.0. The number of rotatable bonds is 4. The van der Waals surface area contributed by atoms with Gasteiger partial charge in [0.2, 0.25) is 5.91 Å². The number of hydrogen-bond donors (Lipinski definition) is 0. The van der Waals surface area contributed by atoms with Gasteiger partial charge in [0, 0.05) is 13.7 Å². The van der Waals surface area contributed by atoms with Crippen LogP contribution in [0.4, 0.5) is 0 Å². The number of methoxy groups -OCH3 is 1. The van der Waals surface area contributed by atoms with Crippen molar-refractivity contribution in [2.45, 2.75) is 71.1 Å². The smallest absolute Gasteiger partial charge is 0.329 e. The molecule has 1 fully saturated rings. The first-order chi connectivity index (χ1) is 9.06. The van der Waals surface area contributed by atoms with Gasteiger partial charge in [-0.3, -0.25) is 4.79 Å². The van der Waals surface area contributed by atoms with Crippen LogP contribution in [0.15, 0.2) is 0 Å². The minimum Gasteiger partial charge on any atom is -0.458 e. The van der Waals surface area contributed by atoms with Gasteiger partial charge in [0.05, 0.1) is 12.0 Å². The second-order valence-corrected chi connectivity index (χ2v) is 6.92. The first-order valence-electron chi connectivity index (χ1n) is 7.13. The molecule has 1 aliphatic heterocycles. The summed E-state index contributed by atoms with van der Waals surface area (Å²) < 4.78 is 10.7. The Morgan fingerprint density at radius 3 is 2.30 bits per heavy atom. The zero-order valence-electron chi connectivity index (χ0n) is 13.5. The molecule has 0 bridgehead atoms. The van der Waals surface area contributed by atoms with Crippen LogP contribution >= 0.6 is 0 Å². The molecule has 5 nitrogen and oxygen atoms in total. The summed E-state index contributed by atoms with van der Waals surface area (Å²) in [6, 6.07) is -0.450. The van der Waals surface area contributed by atoms with Crippen LogP contribution in [-0.4, -0.2) is 47.7 Å². The highest BCUT2D eigenvalue weighted by molar-refractivity contribution is 5.85. The molecule has 1 atom stereocenters. The molecule has 1 aliphatic rings. The van der Waals surface area contributed by atoms with Gasteiger partial charge in [-0.25, -0.2) is 4.79 Å². The van der Waals surface area contributed by atoms with Gasteiger partial charge in [0.15, 0.2) is 0 Å². The van der Waals surface area contributed by atoms with Crippen LogP contribution in [0, 0.1) is 0 Å². The molecule has 0 aliphatic carbocycles. The highest BCUT2D eigenvalue weighted by Crippen LogP contribution is 2.24. The molecule has 0 spiro atoms. The van der Waals surface area contributed by atoms with Crippen molar-refractivity contribution < 1.29 is 19.1 Å². The lowest BCUT2D eigenvalue weighted by Crippen LogP contribution is -2.45. The molecular formula is C15H27NO4. The molecule has 0 radical (unpaired) electrons. The zero-order valence-corrected chi connectivity index (χ0v) is 13.5. The van der Waals surface area contributed by atoms with Crippen molar-refractivity contribution in [1.29, 1.82) is 0 Å². The van der Waals surface area contributed by atoms with Gasteiger partial charge in [0.25, 0.3) is 0 Å². The lowest BCUT2D eigenvalue weighted by molar-refractivity contribution is -0.164. The van der Waals surface area contributed by atoms with E-state index in [4.69, 9.17) is 9.47 Å². The number of nitrogens with zero attached hydrogens (tertiary/aromatic N) is 1. The van der Waals surface area contributed by atoms with Crippen LogP contribution < -0.4 is 0 Å². The summed E-state index contributed by atoms with van der Waals surface area (Å²) in [5, 5.41) is 0. The van der Waals surface area contributed by atoms with E-state index in [-0.39, 0.29) is 18.3 Å². The minimum atomic E-state index is -0.528. The van der Waals surface area contributed by atoms with Crippen LogP contribution in [-0.2, 0) is 19.1 Å². The number of hydrogen-bond acceptors (Lipinski definition) is 4. The predicted octanol–water partition coefficient (Wildman–Crippen LogP) is 2.13. The van der Waals surface area contributed by atoms with Gasteiger partial charge in [-0.2, -0.15) is 0 Å².